The van der Waals surface area contributed by atoms with Crippen LogP contribution in [0, 0.1) is 0 Å². The molecule has 18 heavy (non-hydrogen) atoms. The number of ether oxygens (including phenoxy) is 1. The van der Waals surface area contributed by atoms with Gasteiger partial charge < -0.3 is 15.4 Å². The second kappa shape index (κ2) is 6.63. The normalized spacial score (nSPS) is 21.7. The molecule has 1 aliphatic heterocycles. The smallest absolute Gasteiger partial charge is 0.377 e. The Kier molecular flexibility index (Phi) is 5.46. The average molecular weight is 264 g/mol. The van der Waals surface area contributed by atoms with Crippen molar-refractivity contribution in [3.8, 4) is 0 Å². The highest BCUT2D eigenvalue weighted by Crippen LogP contribution is 2.30. The van der Waals surface area contributed by atoms with Crippen LogP contribution in [-0.4, -0.2) is 43.5 Å². The van der Waals surface area contributed by atoms with Crippen LogP contribution in [0.5, 0.6) is 0 Å². The maximum atomic E-state index is 12.8. The van der Waals surface area contributed by atoms with Crippen molar-refractivity contribution in [1.82, 2.24) is 10.6 Å². The van der Waals surface area contributed by atoms with Crippen molar-refractivity contribution in [2.75, 3.05) is 19.6 Å². The zero-order valence-corrected chi connectivity index (χ0v) is 10.3. The lowest BCUT2D eigenvalue weighted by Gasteiger charge is -2.09. The molecular formula is C11H18F2N2O3. The highest BCUT2D eigenvalue weighted by Gasteiger charge is 2.50. The Bertz CT molecular complexity index is 311. The van der Waals surface area contributed by atoms with Gasteiger partial charge in [0.05, 0.1) is 6.42 Å². The quantitative estimate of drug-likeness (QED) is 0.517. The van der Waals surface area contributed by atoms with Gasteiger partial charge >= 0.3 is 11.9 Å². The van der Waals surface area contributed by atoms with Gasteiger partial charge in [-0.25, -0.2) is 4.79 Å². The third-order valence-electron chi connectivity index (χ3n) is 2.53. The van der Waals surface area contributed by atoms with Gasteiger partial charge in [0.25, 0.3) is 0 Å². The number of hydrogen-bond acceptors (Lipinski definition) is 4. The zero-order chi connectivity index (χ0) is 13.6. The monoisotopic (exact) mass is 264 g/mol. The van der Waals surface area contributed by atoms with E-state index in [-0.39, 0.29) is 18.9 Å². The molecule has 1 fully saturated rings. The second-order valence-electron chi connectivity index (χ2n) is 4.24. The van der Waals surface area contributed by atoms with Gasteiger partial charge in [-0.15, -0.1) is 0 Å². The summed E-state index contributed by atoms with van der Waals surface area (Å²) >= 11 is 0. The van der Waals surface area contributed by atoms with Crippen molar-refractivity contribution in [2.45, 2.75) is 38.2 Å². The van der Waals surface area contributed by atoms with Crippen LogP contribution in [0.2, 0.25) is 0 Å². The molecule has 1 unspecified atom stereocenters. The summed E-state index contributed by atoms with van der Waals surface area (Å²) in [6.07, 6.45) is -0.268. The van der Waals surface area contributed by atoms with Crippen molar-refractivity contribution < 1.29 is 23.1 Å². The molecule has 0 aliphatic carbocycles. The molecule has 1 rings (SSSR count). The van der Waals surface area contributed by atoms with Gasteiger partial charge in [0, 0.05) is 26.1 Å². The van der Waals surface area contributed by atoms with E-state index < -0.39 is 24.4 Å². The van der Waals surface area contributed by atoms with Crippen molar-refractivity contribution in [3.63, 3.8) is 0 Å². The van der Waals surface area contributed by atoms with Crippen molar-refractivity contribution in [3.05, 3.63) is 0 Å². The maximum Gasteiger partial charge on any atom is 0.377 e. The van der Waals surface area contributed by atoms with Crippen molar-refractivity contribution in [1.29, 1.82) is 0 Å². The van der Waals surface area contributed by atoms with E-state index in [2.05, 4.69) is 15.4 Å². The summed E-state index contributed by atoms with van der Waals surface area (Å²) in [5.74, 6) is -4.92. The predicted molar refractivity (Wildman–Crippen MR) is 60.2 cm³/mol. The van der Waals surface area contributed by atoms with Crippen LogP contribution in [0.15, 0.2) is 0 Å². The van der Waals surface area contributed by atoms with Gasteiger partial charge in [-0.1, -0.05) is 6.92 Å². The molecule has 1 aliphatic rings. The minimum absolute atomic E-state index is 0.0851. The summed E-state index contributed by atoms with van der Waals surface area (Å²) in [5.41, 5.74) is 0. The molecule has 1 amide bonds. The Balaban J connectivity index is 2.09. The number of halogens is 2. The lowest BCUT2D eigenvalue weighted by molar-refractivity contribution is -0.159. The number of carbonyl (C=O) groups is 2. The van der Waals surface area contributed by atoms with Crippen LogP contribution in [0.25, 0.3) is 0 Å². The van der Waals surface area contributed by atoms with E-state index in [0.29, 0.717) is 13.1 Å². The molecule has 0 aromatic carbocycles. The van der Waals surface area contributed by atoms with Crippen LogP contribution < -0.4 is 10.6 Å². The Labute approximate surface area is 104 Å². The van der Waals surface area contributed by atoms with Crippen LogP contribution in [-0.2, 0) is 14.3 Å². The van der Waals surface area contributed by atoms with E-state index in [1.807, 2.05) is 6.92 Å². The predicted octanol–water partition coefficient (Wildman–Crippen LogP) is 0.443. The second-order valence-corrected chi connectivity index (χ2v) is 4.24. The molecule has 0 saturated carbocycles. The van der Waals surface area contributed by atoms with Gasteiger partial charge in [0.15, 0.2) is 0 Å². The molecular weight excluding hydrogens is 246 g/mol. The largest absolute Gasteiger partial charge is 0.456 e. The number of amides is 1. The fraction of sp³-hybridized carbons (Fsp3) is 0.818. The van der Waals surface area contributed by atoms with E-state index in [1.54, 1.807) is 0 Å². The number of esters is 1. The van der Waals surface area contributed by atoms with Crippen LogP contribution >= 0.6 is 0 Å². The molecule has 1 heterocycles. The molecule has 0 bridgehead atoms. The maximum absolute atomic E-state index is 12.8. The van der Waals surface area contributed by atoms with Gasteiger partial charge in [-0.05, 0) is 6.42 Å². The van der Waals surface area contributed by atoms with Gasteiger partial charge in [-0.3, -0.25) is 4.79 Å². The Morgan fingerprint density at radius 3 is 2.78 bits per heavy atom. The lowest BCUT2D eigenvalue weighted by atomic mass is 10.2. The number of nitrogens with one attached hydrogen (secondary N) is 2. The number of rotatable bonds is 7. The van der Waals surface area contributed by atoms with E-state index >= 15 is 0 Å². The topological polar surface area (TPSA) is 67.4 Å². The zero-order valence-electron chi connectivity index (χ0n) is 10.3. The Morgan fingerprint density at radius 2 is 2.22 bits per heavy atom. The molecule has 1 atom stereocenters. The van der Waals surface area contributed by atoms with Crippen LogP contribution in [0.3, 0.4) is 0 Å². The molecule has 0 aromatic rings. The van der Waals surface area contributed by atoms with Crippen LogP contribution in [0.4, 0.5) is 8.78 Å². The Morgan fingerprint density at radius 1 is 1.50 bits per heavy atom. The van der Waals surface area contributed by atoms with E-state index in [4.69, 9.17) is 0 Å². The molecule has 0 spiro atoms. The fourth-order valence-electron chi connectivity index (χ4n) is 1.58. The van der Waals surface area contributed by atoms with E-state index in [0.717, 1.165) is 6.42 Å². The highest BCUT2D eigenvalue weighted by atomic mass is 19.3. The summed E-state index contributed by atoms with van der Waals surface area (Å²) in [4.78, 5) is 21.9. The third-order valence-corrected chi connectivity index (χ3v) is 2.53. The van der Waals surface area contributed by atoms with Crippen molar-refractivity contribution >= 4 is 11.9 Å². The van der Waals surface area contributed by atoms with Crippen molar-refractivity contribution in [2.24, 2.45) is 0 Å². The van der Waals surface area contributed by atoms with Crippen LogP contribution in [0.1, 0.15) is 26.2 Å². The molecule has 0 aromatic heterocycles. The van der Waals surface area contributed by atoms with Gasteiger partial charge in [-0.2, -0.15) is 8.78 Å². The van der Waals surface area contributed by atoms with E-state index in [9.17, 15) is 18.4 Å². The summed E-state index contributed by atoms with van der Waals surface area (Å²) in [5, 5.41) is 5.52. The van der Waals surface area contributed by atoms with Gasteiger partial charge in [0.2, 0.25) is 5.91 Å². The SMILES string of the molecule is CCCNC(=O)CCNCC1CC(F)(F)C(=O)O1. The minimum Gasteiger partial charge on any atom is -0.456 e. The molecule has 1 saturated heterocycles. The first-order chi connectivity index (χ1) is 8.45. The van der Waals surface area contributed by atoms with Gasteiger partial charge in [0.1, 0.15) is 6.10 Å². The molecule has 104 valence electrons. The number of carbonyl (C=O) groups excluding carboxylic acids is 2. The first kappa shape index (κ1) is 14.8. The summed E-state index contributed by atoms with van der Waals surface area (Å²) in [6, 6.07) is 0. The fourth-order valence-corrected chi connectivity index (χ4v) is 1.58. The molecule has 2 N–H and O–H groups in total. The van der Waals surface area contributed by atoms with E-state index in [1.165, 1.54) is 0 Å². The average Bonchev–Trinajstić information content (AvgIpc) is 2.56. The summed E-state index contributed by atoms with van der Waals surface area (Å²) < 4.78 is 30.1. The number of alkyl halides is 2. The highest BCUT2D eigenvalue weighted by molar-refractivity contribution is 5.79. The first-order valence-electron chi connectivity index (χ1n) is 6.02. The minimum atomic E-state index is -3.37. The molecule has 5 nitrogen and oxygen atoms in total. The number of cyclic esters (lactones) is 1. The summed E-state index contributed by atoms with van der Waals surface area (Å²) in [7, 11) is 0. The standard InChI is InChI=1S/C11H18F2N2O3/c1-2-4-15-9(16)3-5-14-7-8-6-11(12,13)10(17)18-8/h8,14H,2-7H2,1H3,(H,15,16). The summed E-state index contributed by atoms with van der Waals surface area (Å²) in [6.45, 7) is 3.09. The third kappa shape index (κ3) is 4.56. The molecule has 0 radical (unpaired) electrons. The lowest BCUT2D eigenvalue weighted by Crippen LogP contribution is -2.32. The Hall–Kier alpha value is -1.24. The number of hydrogen-bond donors (Lipinski definition) is 2. The first-order valence-corrected chi connectivity index (χ1v) is 6.02. The molecule has 7 heteroatoms.